The molecule has 3 rings (SSSR count). The van der Waals surface area contributed by atoms with Gasteiger partial charge in [-0.1, -0.05) is 18.2 Å². The van der Waals surface area contributed by atoms with Crippen molar-refractivity contribution in [3.05, 3.63) is 47.3 Å². The maximum Gasteiger partial charge on any atom is 0.257 e. The molecule has 0 bridgehead atoms. The Morgan fingerprint density at radius 1 is 1.17 bits per heavy atom. The minimum atomic E-state index is -0.0321. The Kier molecular flexibility index (Phi) is 7.63. The number of piperidine rings is 1. The molecular weight excluding hydrogens is 380 g/mol. The van der Waals surface area contributed by atoms with E-state index in [9.17, 15) is 9.59 Å². The van der Waals surface area contributed by atoms with Gasteiger partial charge in [0, 0.05) is 38.8 Å². The Morgan fingerprint density at radius 2 is 1.87 bits per heavy atom. The summed E-state index contributed by atoms with van der Waals surface area (Å²) in [6.45, 7) is 8.95. The van der Waals surface area contributed by atoms with Crippen LogP contribution < -0.4 is 5.32 Å². The van der Waals surface area contributed by atoms with Gasteiger partial charge in [-0.2, -0.15) is 5.10 Å². The maximum absolute atomic E-state index is 13.2. The van der Waals surface area contributed by atoms with Crippen LogP contribution in [0.4, 0.5) is 0 Å². The van der Waals surface area contributed by atoms with E-state index in [-0.39, 0.29) is 17.7 Å². The van der Waals surface area contributed by atoms with Crippen molar-refractivity contribution >= 4 is 11.8 Å². The second-order valence-corrected chi connectivity index (χ2v) is 7.70. The number of para-hydroxylation sites is 1. The molecule has 1 saturated heterocycles. The van der Waals surface area contributed by atoms with Crippen molar-refractivity contribution in [1.82, 2.24) is 20.0 Å². The number of carbonyl (C=O) groups excluding carboxylic acids is 2. The van der Waals surface area contributed by atoms with Gasteiger partial charge in [0.25, 0.3) is 5.91 Å². The average molecular weight is 413 g/mol. The van der Waals surface area contributed by atoms with Crippen molar-refractivity contribution in [3.63, 3.8) is 0 Å². The van der Waals surface area contributed by atoms with Crippen LogP contribution in [0.1, 0.15) is 47.9 Å². The summed E-state index contributed by atoms with van der Waals surface area (Å²) in [5, 5.41) is 7.58. The van der Waals surface area contributed by atoms with Gasteiger partial charge in [0.2, 0.25) is 5.91 Å². The zero-order chi connectivity index (χ0) is 21.5. The van der Waals surface area contributed by atoms with Gasteiger partial charge in [-0.3, -0.25) is 9.59 Å². The second kappa shape index (κ2) is 10.4. The third kappa shape index (κ3) is 5.08. The monoisotopic (exact) mass is 412 g/mol. The van der Waals surface area contributed by atoms with Crippen LogP contribution in [-0.2, 0) is 9.53 Å². The number of aromatic nitrogens is 2. The Hall–Kier alpha value is -2.67. The van der Waals surface area contributed by atoms with Gasteiger partial charge >= 0.3 is 0 Å². The number of aryl methyl sites for hydroxylation is 1. The van der Waals surface area contributed by atoms with Gasteiger partial charge in [-0.25, -0.2) is 4.68 Å². The van der Waals surface area contributed by atoms with Crippen LogP contribution in [0.15, 0.2) is 30.3 Å². The molecule has 1 fully saturated rings. The van der Waals surface area contributed by atoms with Crippen LogP contribution >= 0.6 is 0 Å². The van der Waals surface area contributed by atoms with Crippen molar-refractivity contribution in [2.45, 2.75) is 40.0 Å². The van der Waals surface area contributed by atoms with Crippen LogP contribution in [0.2, 0.25) is 0 Å². The molecule has 2 heterocycles. The smallest absolute Gasteiger partial charge is 0.257 e. The van der Waals surface area contributed by atoms with Crippen molar-refractivity contribution < 1.29 is 14.3 Å². The topological polar surface area (TPSA) is 76.5 Å². The van der Waals surface area contributed by atoms with Gasteiger partial charge in [-0.15, -0.1) is 0 Å². The molecule has 162 valence electrons. The molecule has 7 nitrogen and oxygen atoms in total. The average Bonchev–Trinajstić information content (AvgIpc) is 3.07. The van der Waals surface area contributed by atoms with E-state index < -0.39 is 0 Å². The third-order valence-corrected chi connectivity index (χ3v) is 5.63. The molecule has 0 saturated carbocycles. The minimum Gasteiger partial charge on any atom is -0.382 e. The highest BCUT2D eigenvalue weighted by Crippen LogP contribution is 2.23. The Labute approximate surface area is 178 Å². The van der Waals surface area contributed by atoms with Crippen molar-refractivity contribution in [2.75, 3.05) is 32.8 Å². The second-order valence-electron chi connectivity index (χ2n) is 7.70. The number of nitrogens with zero attached hydrogens (tertiary/aromatic N) is 3. The summed E-state index contributed by atoms with van der Waals surface area (Å²) in [5.74, 6) is 0.0565. The first-order valence-corrected chi connectivity index (χ1v) is 10.8. The van der Waals surface area contributed by atoms with E-state index in [0.717, 1.165) is 23.5 Å². The fraction of sp³-hybridized carbons (Fsp3) is 0.522. The molecule has 0 aliphatic carbocycles. The van der Waals surface area contributed by atoms with Gasteiger partial charge < -0.3 is 15.0 Å². The van der Waals surface area contributed by atoms with E-state index in [1.807, 2.05) is 60.7 Å². The summed E-state index contributed by atoms with van der Waals surface area (Å²) in [4.78, 5) is 27.4. The molecule has 1 aromatic heterocycles. The van der Waals surface area contributed by atoms with Gasteiger partial charge in [0.15, 0.2) is 0 Å². The SMILES string of the molecule is CCOCCCNC(=O)C1CCN(C(=O)c2c(C)nn(-c3ccccc3)c2C)CC1. The standard InChI is InChI=1S/C23H32N4O3/c1-4-30-16-8-13-24-22(28)19-11-14-26(15-12-19)23(29)21-17(2)25-27(18(21)3)20-9-6-5-7-10-20/h5-7,9-10,19H,4,8,11-16H2,1-3H3,(H,24,28). The van der Waals surface area contributed by atoms with Crippen LogP contribution in [0, 0.1) is 19.8 Å². The summed E-state index contributed by atoms with van der Waals surface area (Å²) in [5.41, 5.74) is 3.18. The number of hydrogen-bond donors (Lipinski definition) is 1. The number of amides is 2. The summed E-state index contributed by atoms with van der Waals surface area (Å²) in [7, 11) is 0. The molecule has 2 amide bonds. The number of hydrogen-bond acceptors (Lipinski definition) is 4. The Bertz CT molecular complexity index is 855. The van der Waals surface area contributed by atoms with E-state index in [1.54, 1.807) is 0 Å². The first-order valence-electron chi connectivity index (χ1n) is 10.8. The van der Waals surface area contributed by atoms with Gasteiger partial charge in [0.1, 0.15) is 0 Å². The molecular formula is C23H32N4O3. The predicted molar refractivity (Wildman–Crippen MR) is 116 cm³/mol. The number of likely N-dealkylation sites (tertiary alicyclic amines) is 1. The summed E-state index contributed by atoms with van der Waals surface area (Å²) in [6, 6.07) is 9.83. The van der Waals surface area contributed by atoms with Crippen molar-refractivity contribution in [3.8, 4) is 5.69 Å². The normalized spacial score (nSPS) is 14.7. The summed E-state index contributed by atoms with van der Waals surface area (Å²) in [6.07, 6.45) is 2.20. The lowest BCUT2D eigenvalue weighted by Gasteiger charge is -2.31. The quantitative estimate of drug-likeness (QED) is 0.677. The lowest BCUT2D eigenvalue weighted by atomic mass is 9.95. The van der Waals surface area contributed by atoms with Crippen LogP contribution in [0.3, 0.4) is 0 Å². The van der Waals surface area contributed by atoms with Crippen LogP contribution in [0.25, 0.3) is 5.69 Å². The first kappa shape index (κ1) is 22.0. The van der Waals surface area contributed by atoms with E-state index >= 15 is 0 Å². The molecule has 1 N–H and O–H groups in total. The van der Waals surface area contributed by atoms with E-state index in [1.165, 1.54) is 0 Å². The molecule has 7 heteroatoms. The Balaban J connectivity index is 1.57. The molecule has 30 heavy (non-hydrogen) atoms. The molecule has 0 atom stereocenters. The molecule has 0 spiro atoms. The third-order valence-electron chi connectivity index (χ3n) is 5.63. The fourth-order valence-corrected chi connectivity index (χ4v) is 3.95. The predicted octanol–water partition coefficient (Wildman–Crippen LogP) is 2.88. The highest BCUT2D eigenvalue weighted by atomic mass is 16.5. The number of nitrogens with one attached hydrogen (secondary N) is 1. The highest BCUT2D eigenvalue weighted by molar-refractivity contribution is 5.96. The van der Waals surface area contributed by atoms with E-state index in [2.05, 4.69) is 10.4 Å². The van der Waals surface area contributed by atoms with Crippen molar-refractivity contribution in [2.24, 2.45) is 5.92 Å². The fourth-order valence-electron chi connectivity index (χ4n) is 3.95. The Morgan fingerprint density at radius 3 is 2.53 bits per heavy atom. The van der Waals surface area contributed by atoms with Crippen LogP contribution in [0.5, 0.6) is 0 Å². The van der Waals surface area contributed by atoms with E-state index in [0.29, 0.717) is 51.3 Å². The lowest BCUT2D eigenvalue weighted by molar-refractivity contribution is -0.126. The number of rotatable bonds is 8. The number of carbonyl (C=O) groups is 2. The molecule has 1 aromatic carbocycles. The molecule has 1 aliphatic rings. The number of ether oxygens (including phenoxy) is 1. The maximum atomic E-state index is 13.2. The zero-order valence-corrected chi connectivity index (χ0v) is 18.2. The van der Waals surface area contributed by atoms with E-state index in [4.69, 9.17) is 4.74 Å². The summed E-state index contributed by atoms with van der Waals surface area (Å²) < 4.78 is 7.11. The zero-order valence-electron chi connectivity index (χ0n) is 18.2. The molecule has 0 unspecified atom stereocenters. The van der Waals surface area contributed by atoms with Gasteiger partial charge in [-0.05, 0) is 52.2 Å². The van der Waals surface area contributed by atoms with Gasteiger partial charge in [0.05, 0.1) is 22.6 Å². The minimum absolute atomic E-state index is 0.00255. The molecule has 2 aromatic rings. The molecule has 0 radical (unpaired) electrons. The number of benzene rings is 1. The van der Waals surface area contributed by atoms with Crippen LogP contribution in [-0.4, -0.2) is 59.3 Å². The largest absolute Gasteiger partial charge is 0.382 e. The first-order chi connectivity index (χ1) is 14.5. The highest BCUT2D eigenvalue weighted by Gasteiger charge is 2.30. The molecule has 1 aliphatic heterocycles. The summed E-state index contributed by atoms with van der Waals surface area (Å²) >= 11 is 0. The lowest BCUT2D eigenvalue weighted by Crippen LogP contribution is -2.43. The van der Waals surface area contributed by atoms with Crippen molar-refractivity contribution in [1.29, 1.82) is 0 Å².